The largest absolute Gasteiger partial charge is 0.493 e. The van der Waals surface area contributed by atoms with Crippen molar-refractivity contribution >= 4 is 0 Å². The highest BCUT2D eigenvalue weighted by Gasteiger charge is 2.14. The monoisotopic (exact) mass is 303 g/mol. The third-order valence-electron chi connectivity index (χ3n) is 3.76. The van der Waals surface area contributed by atoms with Gasteiger partial charge in [-0.25, -0.2) is 4.98 Å². The fourth-order valence-electron chi connectivity index (χ4n) is 2.55. The standard InChI is InChI=1S/C15H21N5O2/c1-21-12-4-3-11(9-13(12)22-2)15-17-14(18-19-15)10-20-7-5-16-6-8-20/h3-4,9,16H,5-8,10H2,1-2H3,(H,17,18,19). The predicted octanol–water partition coefficient (Wildman–Crippen LogP) is 0.894. The molecule has 0 atom stereocenters. The lowest BCUT2D eigenvalue weighted by atomic mass is 10.2. The van der Waals surface area contributed by atoms with Gasteiger partial charge in [0.05, 0.1) is 20.8 Å². The van der Waals surface area contributed by atoms with Crippen LogP contribution in [0.3, 0.4) is 0 Å². The Labute approximate surface area is 129 Å². The average molecular weight is 303 g/mol. The Morgan fingerprint density at radius 2 is 1.91 bits per heavy atom. The lowest BCUT2D eigenvalue weighted by molar-refractivity contribution is 0.228. The van der Waals surface area contributed by atoms with Crippen molar-refractivity contribution in [2.24, 2.45) is 0 Å². The second-order valence-electron chi connectivity index (χ2n) is 5.20. The normalized spacial score (nSPS) is 15.7. The molecule has 1 aliphatic rings. The van der Waals surface area contributed by atoms with Gasteiger partial charge in [0.2, 0.25) is 0 Å². The van der Waals surface area contributed by atoms with Crippen LogP contribution in [0.1, 0.15) is 5.82 Å². The molecule has 0 amide bonds. The first-order chi connectivity index (χ1) is 10.8. The fourth-order valence-corrected chi connectivity index (χ4v) is 2.55. The van der Waals surface area contributed by atoms with Crippen LogP contribution in [0.2, 0.25) is 0 Å². The smallest absolute Gasteiger partial charge is 0.181 e. The molecule has 3 rings (SSSR count). The van der Waals surface area contributed by atoms with Crippen LogP contribution in [0.25, 0.3) is 11.4 Å². The van der Waals surface area contributed by atoms with Gasteiger partial charge in [0, 0.05) is 31.7 Å². The molecular formula is C15H21N5O2. The van der Waals surface area contributed by atoms with Gasteiger partial charge in [0.15, 0.2) is 17.3 Å². The number of piperazine rings is 1. The maximum absolute atomic E-state index is 5.32. The van der Waals surface area contributed by atoms with E-state index in [0.717, 1.165) is 44.1 Å². The Bertz CT molecular complexity index is 622. The van der Waals surface area contributed by atoms with Gasteiger partial charge in [-0.3, -0.25) is 10.00 Å². The van der Waals surface area contributed by atoms with Gasteiger partial charge in [-0.15, -0.1) is 0 Å². The molecule has 2 heterocycles. The fraction of sp³-hybridized carbons (Fsp3) is 0.467. The Kier molecular flexibility index (Phi) is 4.55. The van der Waals surface area contributed by atoms with Gasteiger partial charge in [-0.05, 0) is 18.2 Å². The summed E-state index contributed by atoms with van der Waals surface area (Å²) in [6.45, 7) is 4.91. The number of ether oxygens (including phenoxy) is 2. The second-order valence-corrected chi connectivity index (χ2v) is 5.20. The lowest BCUT2D eigenvalue weighted by Crippen LogP contribution is -2.43. The Morgan fingerprint density at radius 1 is 1.14 bits per heavy atom. The van der Waals surface area contributed by atoms with E-state index in [-0.39, 0.29) is 0 Å². The quantitative estimate of drug-likeness (QED) is 0.854. The maximum Gasteiger partial charge on any atom is 0.181 e. The zero-order valence-electron chi connectivity index (χ0n) is 12.9. The molecule has 0 aliphatic carbocycles. The minimum absolute atomic E-state index is 0.672. The molecular weight excluding hydrogens is 282 g/mol. The highest BCUT2D eigenvalue weighted by molar-refractivity contribution is 5.60. The molecule has 118 valence electrons. The van der Waals surface area contributed by atoms with Crippen molar-refractivity contribution in [3.63, 3.8) is 0 Å². The Hall–Kier alpha value is -2.12. The minimum atomic E-state index is 0.672. The zero-order chi connectivity index (χ0) is 15.4. The molecule has 1 aromatic heterocycles. The van der Waals surface area contributed by atoms with Gasteiger partial charge >= 0.3 is 0 Å². The van der Waals surface area contributed by atoms with E-state index in [9.17, 15) is 0 Å². The van der Waals surface area contributed by atoms with E-state index in [4.69, 9.17) is 9.47 Å². The second kappa shape index (κ2) is 6.76. The van der Waals surface area contributed by atoms with Crippen LogP contribution in [0.5, 0.6) is 11.5 Å². The summed E-state index contributed by atoms with van der Waals surface area (Å²) in [6.07, 6.45) is 0. The van der Waals surface area contributed by atoms with E-state index >= 15 is 0 Å². The summed E-state index contributed by atoms with van der Waals surface area (Å²) in [7, 11) is 3.24. The lowest BCUT2D eigenvalue weighted by Gasteiger charge is -2.25. The van der Waals surface area contributed by atoms with Gasteiger partial charge in [-0.2, -0.15) is 5.10 Å². The number of aromatic nitrogens is 3. The van der Waals surface area contributed by atoms with E-state index in [2.05, 4.69) is 25.4 Å². The van der Waals surface area contributed by atoms with Crippen LogP contribution in [-0.4, -0.2) is 60.5 Å². The molecule has 7 nitrogen and oxygen atoms in total. The molecule has 0 spiro atoms. The third-order valence-corrected chi connectivity index (χ3v) is 3.76. The number of H-pyrrole nitrogens is 1. The van der Waals surface area contributed by atoms with Crippen LogP contribution in [-0.2, 0) is 6.54 Å². The highest BCUT2D eigenvalue weighted by atomic mass is 16.5. The van der Waals surface area contributed by atoms with E-state index in [0.29, 0.717) is 17.3 Å². The molecule has 2 aromatic rings. The molecule has 0 radical (unpaired) electrons. The van der Waals surface area contributed by atoms with E-state index in [1.807, 2.05) is 18.2 Å². The topological polar surface area (TPSA) is 75.3 Å². The number of nitrogens with zero attached hydrogens (tertiary/aromatic N) is 3. The molecule has 0 saturated carbocycles. The van der Waals surface area contributed by atoms with Crippen LogP contribution < -0.4 is 14.8 Å². The summed E-state index contributed by atoms with van der Waals surface area (Å²) in [5.41, 5.74) is 0.903. The van der Waals surface area contributed by atoms with Crippen molar-refractivity contribution in [2.75, 3.05) is 40.4 Å². The van der Waals surface area contributed by atoms with Gasteiger partial charge in [-0.1, -0.05) is 0 Å². The molecule has 1 aromatic carbocycles. The molecule has 1 aliphatic heterocycles. The predicted molar refractivity (Wildman–Crippen MR) is 83.1 cm³/mol. The van der Waals surface area contributed by atoms with Crippen LogP contribution in [0.4, 0.5) is 0 Å². The summed E-state index contributed by atoms with van der Waals surface area (Å²) < 4.78 is 10.6. The minimum Gasteiger partial charge on any atom is -0.493 e. The first-order valence-electron chi connectivity index (χ1n) is 7.37. The van der Waals surface area contributed by atoms with Crippen LogP contribution in [0, 0.1) is 0 Å². The number of benzene rings is 1. The number of rotatable bonds is 5. The summed E-state index contributed by atoms with van der Waals surface area (Å²) in [5, 5.41) is 10.7. The third kappa shape index (κ3) is 3.20. The molecule has 0 unspecified atom stereocenters. The zero-order valence-corrected chi connectivity index (χ0v) is 12.9. The SMILES string of the molecule is COc1ccc(-c2n[nH]c(CN3CCNCC3)n2)cc1OC. The summed E-state index contributed by atoms with van der Waals surface area (Å²) in [4.78, 5) is 6.94. The molecule has 0 bridgehead atoms. The van der Waals surface area contributed by atoms with Crippen molar-refractivity contribution in [3.05, 3.63) is 24.0 Å². The van der Waals surface area contributed by atoms with Gasteiger partial charge < -0.3 is 14.8 Å². The number of aromatic amines is 1. The number of methoxy groups -OCH3 is 2. The maximum atomic E-state index is 5.32. The molecule has 7 heteroatoms. The average Bonchev–Trinajstić information content (AvgIpc) is 3.03. The number of hydrogen-bond donors (Lipinski definition) is 2. The number of hydrogen-bond acceptors (Lipinski definition) is 6. The van der Waals surface area contributed by atoms with Crippen LogP contribution >= 0.6 is 0 Å². The Balaban J connectivity index is 1.75. The highest BCUT2D eigenvalue weighted by Crippen LogP contribution is 2.30. The summed E-state index contributed by atoms with van der Waals surface area (Å²) >= 11 is 0. The van der Waals surface area contributed by atoms with Gasteiger partial charge in [0.25, 0.3) is 0 Å². The Morgan fingerprint density at radius 3 is 2.64 bits per heavy atom. The number of nitrogens with one attached hydrogen (secondary N) is 2. The van der Waals surface area contributed by atoms with E-state index in [1.54, 1.807) is 14.2 Å². The first kappa shape index (κ1) is 14.8. The van der Waals surface area contributed by atoms with Crippen molar-refractivity contribution in [2.45, 2.75) is 6.54 Å². The molecule has 1 saturated heterocycles. The van der Waals surface area contributed by atoms with Crippen molar-refractivity contribution < 1.29 is 9.47 Å². The van der Waals surface area contributed by atoms with Crippen LogP contribution in [0.15, 0.2) is 18.2 Å². The molecule has 1 fully saturated rings. The van der Waals surface area contributed by atoms with E-state index in [1.165, 1.54) is 0 Å². The summed E-state index contributed by atoms with van der Waals surface area (Å²) in [6, 6.07) is 5.68. The van der Waals surface area contributed by atoms with Crippen molar-refractivity contribution in [1.29, 1.82) is 0 Å². The van der Waals surface area contributed by atoms with E-state index < -0.39 is 0 Å². The van der Waals surface area contributed by atoms with Gasteiger partial charge in [0.1, 0.15) is 5.82 Å². The van der Waals surface area contributed by atoms with Crippen molar-refractivity contribution in [3.8, 4) is 22.9 Å². The first-order valence-corrected chi connectivity index (χ1v) is 7.37. The molecule has 2 N–H and O–H groups in total. The van der Waals surface area contributed by atoms with Crippen molar-refractivity contribution in [1.82, 2.24) is 25.4 Å². The summed E-state index contributed by atoms with van der Waals surface area (Å²) in [5.74, 6) is 2.93. The molecule has 22 heavy (non-hydrogen) atoms.